The average Bonchev–Trinajstić information content (AvgIpc) is 2.41. The van der Waals surface area contributed by atoms with Gasteiger partial charge in [0.1, 0.15) is 5.15 Å². The lowest BCUT2D eigenvalue weighted by Gasteiger charge is -2.36. The second kappa shape index (κ2) is 7.57. The van der Waals surface area contributed by atoms with E-state index in [2.05, 4.69) is 38.8 Å². The van der Waals surface area contributed by atoms with E-state index in [-0.39, 0.29) is 11.0 Å². The number of rotatable bonds is 6. The van der Waals surface area contributed by atoms with E-state index in [1.165, 1.54) is 7.11 Å². The van der Waals surface area contributed by atoms with Gasteiger partial charge in [-0.05, 0) is 43.1 Å². The lowest BCUT2D eigenvalue weighted by molar-refractivity contribution is 0.0598. The van der Waals surface area contributed by atoms with Gasteiger partial charge in [-0.2, -0.15) is 0 Å². The molecular weight excluding hydrogens is 318 g/mol. The van der Waals surface area contributed by atoms with Crippen LogP contribution in [0.2, 0.25) is 23.3 Å². The molecule has 124 valence electrons. The van der Waals surface area contributed by atoms with Crippen molar-refractivity contribution in [1.82, 2.24) is 4.98 Å². The molecule has 0 saturated carbocycles. The molecule has 0 aliphatic heterocycles. The normalized spacial score (nSPS) is 12.3. The molecule has 0 radical (unpaired) electrons. The molecule has 22 heavy (non-hydrogen) atoms. The number of carbonyl (C=O) groups is 1. The Bertz CT molecular complexity index is 527. The Morgan fingerprint density at radius 1 is 1.32 bits per heavy atom. The molecule has 1 aromatic rings. The Hall–Kier alpha value is -0.913. The summed E-state index contributed by atoms with van der Waals surface area (Å²) in [5.41, 5.74) is 1.14. The van der Waals surface area contributed by atoms with E-state index in [0.29, 0.717) is 29.4 Å². The number of aromatic nitrogens is 1. The molecular formula is C16H26ClNO3Si. The van der Waals surface area contributed by atoms with Crippen LogP contribution in [0.15, 0.2) is 12.1 Å². The Morgan fingerprint density at radius 3 is 2.50 bits per heavy atom. The Morgan fingerprint density at radius 2 is 1.95 bits per heavy atom. The van der Waals surface area contributed by atoms with Crippen molar-refractivity contribution in [3.8, 4) is 0 Å². The van der Waals surface area contributed by atoms with Gasteiger partial charge in [-0.1, -0.05) is 32.4 Å². The van der Waals surface area contributed by atoms with Crippen molar-refractivity contribution < 1.29 is 14.0 Å². The minimum Gasteiger partial charge on any atom is -0.465 e. The van der Waals surface area contributed by atoms with Gasteiger partial charge in [-0.25, -0.2) is 9.78 Å². The predicted molar refractivity (Wildman–Crippen MR) is 92.1 cm³/mol. The molecule has 1 heterocycles. The zero-order valence-corrected chi connectivity index (χ0v) is 16.1. The number of aryl methyl sites for hydroxylation is 1. The first-order valence-electron chi connectivity index (χ1n) is 7.46. The molecule has 0 aromatic carbocycles. The summed E-state index contributed by atoms with van der Waals surface area (Å²) in [5, 5.41) is 0.575. The van der Waals surface area contributed by atoms with Gasteiger partial charge < -0.3 is 9.16 Å². The van der Waals surface area contributed by atoms with E-state index < -0.39 is 8.32 Å². The van der Waals surface area contributed by atoms with Crippen molar-refractivity contribution in [3.05, 3.63) is 28.5 Å². The van der Waals surface area contributed by atoms with E-state index in [1.807, 2.05) is 0 Å². The van der Waals surface area contributed by atoms with Crippen LogP contribution >= 0.6 is 11.6 Å². The third kappa shape index (κ3) is 5.07. The summed E-state index contributed by atoms with van der Waals surface area (Å²) >= 11 is 5.92. The lowest BCUT2D eigenvalue weighted by Crippen LogP contribution is -2.41. The molecule has 1 rings (SSSR count). The summed E-state index contributed by atoms with van der Waals surface area (Å²) in [7, 11) is -0.372. The van der Waals surface area contributed by atoms with E-state index in [4.69, 9.17) is 20.8 Å². The van der Waals surface area contributed by atoms with Gasteiger partial charge in [-0.3, -0.25) is 0 Å². The highest BCUT2D eigenvalue weighted by Gasteiger charge is 2.36. The molecule has 0 unspecified atom stereocenters. The van der Waals surface area contributed by atoms with E-state index in [9.17, 15) is 4.79 Å². The molecule has 6 heteroatoms. The van der Waals surface area contributed by atoms with Gasteiger partial charge in [-0.15, -0.1) is 0 Å². The average molecular weight is 344 g/mol. The number of carbonyl (C=O) groups excluding carboxylic acids is 1. The third-order valence-corrected chi connectivity index (χ3v) is 8.92. The first-order chi connectivity index (χ1) is 10.1. The first kappa shape index (κ1) is 19.1. The van der Waals surface area contributed by atoms with Gasteiger partial charge in [0.2, 0.25) is 0 Å². The van der Waals surface area contributed by atoms with Crippen LogP contribution in [0.5, 0.6) is 0 Å². The highest BCUT2D eigenvalue weighted by atomic mass is 35.5. The Kier molecular flexibility index (Phi) is 6.59. The molecule has 0 N–H and O–H groups in total. The maximum atomic E-state index is 11.7. The summed E-state index contributed by atoms with van der Waals surface area (Å²) < 4.78 is 10.9. The fourth-order valence-electron chi connectivity index (χ4n) is 1.74. The number of methoxy groups -OCH3 is 1. The predicted octanol–water partition coefficient (Wildman–Crippen LogP) is 4.48. The quantitative estimate of drug-likeness (QED) is 0.331. The van der Waals surface area contributed by atoms with Crippen molar-refractivity contribution in [2.24, 2.45) is 0 Å². The number of nitrogens with zero attached hydrogens (tertiary/aromatic N) is 1. The van der Waals surface area contributed by atoms with Crippen molar-refractivity contribution in [1.29, 1.82) is 0 Å². The van der Waals surface area contributed by atoms with E-state index in [1.54, 1.807) is 12.1 Å². The van der Waals surface area contributed by atoms with E-state index >= 15 is 0 Å². The summed E-state index contributed by atoms with van der Waals surface area (Å²) in [6.45, 7) is 11.8. The lowest BCUT2D eigenvalue weighted by atomic mass is 10.1. The topological polar surface area (TPSA) is 48.4 Å². The maximum absolute atomic E-state index is 11.7. The van der Waals surface area contributed by atoms with Crippen LogP contribution < -0.4 is 0 Å². The number of hydrogen-bond donors (Lipinski definition) is 0. The van der Waals surface area contributed by atoms with E-state index in [0.717, 1.165) is 6.42 Å². The van der Waals surface area contributed by atoms with Crippen molar-refractivity contribution in [2.75, 3.05) is 13.7 Å². The van der Waals surface area contributed by atoms with Crippen molar-refractivity contribution in [3.63, 3.8) is 0 Å². The second-order valence-electron chi connectivity index (χ2n) is 6.83. The van der Waals surface area contributed by atoms with Crippen molar-refractivity contribution >= 4 is 25.9 Å². The molecule has 0 spiro atoms. The summed E-state index contributed by atoms with van der Waals surface area (Å²) in [4.78, 5) is 16.0. The smallest absolute Gasteiger partial charge is 0.339 e. The monoisotopic (exact) mass is 343 g/mol. The SMILES string of the molecule is COC(=O)c1ccc(Cl)nc1CCCO[Si](C)(C)C(C)(C)C. The Labute approximate surface area is 139 Å². The van der Waals surface area contributed by atoms with Gasteiger partial charge in [0.25, 0.3) is 0 Å². The Balaban J connectivity index is 2.66. The van der Waals surface area contributed by atoms with Gasteiger partial charge in [0.05, 0.1) is 18.4 Å². The third-order valence-electron chi connectivity index (χ3n) is 4.17. The number of hydrogen-bond acceptors (Lipinski definition) is 4. The fourth-order valence-corrected chi connectivity index (χ4v) is 3.00. The highest BCUT2D eigenvalue weighted by molar-refractivity contribution is 6.74. The number of ether oxygens (including phenoxy) is 1. The van der Waals surface area contributed by atoms with Gasteiger partial charge >= 0.3 is 5.97 Å². The molecule has 0 aliphatic carbocycles. The largest absolute Gasteiger partial charge is 0.465 e. The molecule has 0 amide bonds. The molecule has 0 saturated heterocycles. The van der Waals surface area contributed by atoms with Crippen LogP contribution in [0.3, 0.4) is 0 Å². The zero-order valence-electron chi connectivity index (χ0n) is 14.3. The first-order valence-corrected chi connectivity index (χ1v) is 10.7. The number of esters is 1. The van der Waals surface area contributed by atoms with Crippen LogP contribution in [0.25, 0.3) is 0 Å². The van der Waals surface area contributed by atoms with Gasteiger partial charge in [0.15, 0.2) is 8.32 Å². The fraction of sp³-hybridized carbons (Fsp3) is 0.625. The maximum Gasteiger partial charge on any atom is 0.339 e. The number of pyridine rings is 1. The minimum atomic E-state index is -1.73. The molecule has 0 fully saturated rings. The van der Waals surface area contributed by atoms with Crippen LogP contribution in [-0.4, -0.2) is 33.0 Å². The second-order valence-corrected chi connectivity index (χ2v) is 12.0. The van der Waals surface area contributed by atoms with Crippen LogP contribution in [0, 0.1) is 0 Å². The summed E-state index contributed by atoms with van der Waals surface area (Å²) in [6.07, 6.45) is 1.43. The molecule has 0 atom stereocenters. The van der Waals surface area contributed by atoms with Crippen molar-refractivity contribution in [2.45, 2.75) is 51.7 Å². The molecule has 1 aromatic heterocycles. The highest BCUT2D eigenvalue weighted by Crippen LogP contribution is 2.36. The molecule has 0 aliphatic rings. The standard InChI is InChI=1S/C16H26ClNO3Si/c1-16(2,3)22(5,6)21-11-7-8-13-12(15(19)20-4)9-10-14(17)18-13/h9-10H,7-8,11H2,1-6H3. The minimum absolute atomic E-state index is 0.193. The summed E-state index contributed by atoms with van der Waals surface area (Å²) in [6, 6.07) is 3.26. The van der Waals surface area contributed by atoms with Gasteiger partial charge in [0, 0.05) is 6.61 Å². The molecule has 4 nitrogen and oxygen atoms in total. The van der Waals surface area contributed by atoms with Crippen LogP contribution in [-0.2, 0) is 15.6 Å². The van der Waals surface area contributed by atoms with Crippen LogP contribution in [0.1, 0.15) is 43.2 Å². The van der Waals surface area contributed by atoms with Crippen LogP contribution in [0.4, 0.5) is 0 Å². The zero-order chi connectivity index (χ0) is 17.0. The molecule has 0 bridgehead atoms. The number of halogens is 1. The summed E-state index contributed by atoms with van der Waals surface area (Å²) in [5.74, 6) is -0.385.